The second-order valence-corrected chi connectivity index (χ2v) is 8.08. The van der Waals surface area contributed by atoms with Crippen molar-refractivity contribution < 1.29 is 15.0 Å². The monoisotopic (exact) mass is 290 g/mol. The van der Waals surface area contributed by atoms with Gasteiger partial charge < -0.3 is 10.2 Å². The van der Waals surface area contributed by atoms with E-state index in [9.17, 15) is 15.0 Å². The van der Waals surface area contributed by atoms with Crippen LogP contribution in [0.3, 0.4) is 0 Å². The van der Waals surface area contributed by atoms with E-state index in [1.54, 1.807) is 6.08 Å². The number of hydrogen-bond acceptors (Lipinski definition) is 3. The van der Waals surface area contributed by atoms with E-state index in [0.717, 1.165) is 44.1 Å². The molecule has 2 N–H and O–H groups in total. The van der Waals surface area contributed by atoms with Crippen LogP contribution in [0.15, 0.2) is 11.6 Å². The van der Waals surface area contributed by atoms with E-state index in [4.69, 9.17) is 0 Å². The summed E-state index contributed by atoms with van der Waals surface area (Å²) in [5, 5.41) is 20.9. The summed E-state index contributed by atoms with van der Waals surface area (Å²) in [5.41, 5.74) is 1.08. The summed E-state index contributed by atoms with van der Waals surface area (Å²) in [6.45, 7) is 2.26. The summed E-state index contributed by atoms with van der Waals surface area (Å²) in [6.07, 6.45) is 7.81. The Morgan fingerprint density at radius 1 is 1.14 bits per heavy atom. The Hall–Kier alpha value is -0.670. The fourth-order valence-electron chi connectivity index (χ4n) is 6.16. The average molecular weight is 290 g/mol. The maximum Gasteiger partial charge on any atom is 0.155 e. The van der Waals surface area contributed by atoms with Crippen LogP contribution < -0.4 is 0 Å². The molecular weight excluding hydrogens is 264 g/mol. The topological polar surface area (TPSA) is 57.5 Å². The molecule has 3 nitrogen and oxygen atoms in total. The Morgan fingerprint density at radius 3 is 2.76 bits per heavy atom. The molecule has 7 atom stereocenters. The quantitative estimate of drug-likeness (QED) is 0.720. The van der Waals surface area contributed by atoms with Gasteiger partial charge in [0.1, 0.15) is 0 Å². The molecule has 3 fully saturated rings. The van der Waals surface area contributed by atoms with Crippen LogP contribution in [0.1, 0.15) is 51.9 Å². The lowest BCUT2D eigenvalue weighted by Crippen LogP contribution is -2.50. The molecule has 7 unspecified atom stereocenters. The minimum atomic E-state index is -0.430. The van der Waals surface area contributed by atoms with E-state index >= 15 is 0 Å². The van der Waals surface area contributed by atoms with Gasteiger partial charge in [0.25, 0.3) is 0 Å². The van der Waals surface area contributed by atoms with E-state index in [1.165, 1.54) is 0 Å². The summed E-state index contributed by atoms with van der Waals surface area (Å²) >= 11 is 0. The zero-order valence-electron chi connectivity index (χ0n) is 12.8. The van der Waals surface area contributed by atoms with Crippen molar-refractivity contribution in [3.05, 3.63) is 11.6 Å². The van der Waals surface area contributed by atoms with Crippen molar-refractivity contribution in [2.45, 2.75) is 64.1 Å². The third-order valence-electron chi connectivity index (χ3n) is 7.30. The molecule has 0 radical (unpaired) electrons. The Labute approximate surface area is 126 Å². The smallest absolute Gasteiger partial charge is 0.155 e. The van der Waals surface area contributed by atoms with Crippen molar-refractivity contribution in [2.75, 3.05) is 0 Å². The van der Waals surface area contributed by atoms with Crippen molar-refractivity contribution in [3.8, 4) is 0 Å². The third kappa shape index (κ3) is 1.90. The molecule has 0 aromatic carbocycles. The van der Waals surface area contributed by atoms with Gasteiger partial charge in [-0.1, -0.05) is 6.92 Å². The van der Waals surface area contributed by atoms with Crippen molar-refractivity contribution >= 4 is 5.78 Å². The molecule has 0 aromatic heterocycles. The fraction of sp³-hybridized carbons (Fsp3) is 0.833. The zero-order valence-corrected chi connectivity index (χ0v) is 12.8. The first kappa shape index (κ1) is 14.0. The van der Waals surface area contributed by atoms with Crippen LogP contribution in [0, 0.1) is 29.1 Å². The SMILES string of the molecule is CC12CCC3C4CCC(=O)C=C4C(O)CC3C1CCC2O. The van der Waals surface area contributed by atoms with Crippen LogP contribution in [-0.2, 0) is 4.79 Å². The highest BCUT2D eigenvalue weighted by molar-refractivity contribution is 5.91. The van der Waals surface area contributed by atoms with Crippen LogP contribution in [0.25, 0.3) is 0 Å². The first-order valence-corrected chi connectivity index (χ1v) is 8.61. The second-order valence-electron chi connectivity index (χ2n) is 8.08. The molecule has 4 rings (SSSR count). The molecule has 3 saturated carbocycles. The molecule has 0 aliphatic heterocycles. The second kappa shape index (κ2) is 4.66. The Balaban J connectivity index is 1.67. The summed E-state index contributed by atoms with van der Waals surface area (Å²) < 4.78 is 0. The number of rotatable bonds is 0. The van der Waals surface area contributed by atoms with Gasteiger partial charge in [-0.15, -0.1) is 0 Å². The number of fused-ring (bicyclic) bond motifs is 5. The number of aliphatic hydroxyl groups excluding tert-OH is 2. The maximum absolute atomic E-state index is 11.7. The van der Waals surface area contributed by atoms with E-state index in [-0.39, 0.29) is 17.3 Å². The van der Waals surface area contributed by atoms with Gasteiger partial charge in [0.2, 0.25) is 0 Å². The van der Waals surface area contributed by atoms with E-state index in [1.807, 2.05) is 0 Å². The van der Waals surface area contributed by atoms with Gasteiger partial charge in [0, 0.05) is 6.42 Å². The highest BCUT2D eigenvalue weighted by Crippen LogP contribution is 2.61. The van der Waals surface area contributed by atoms with Gasteiger partial charge in [0.15, 0.2) is 5.78 Å². The predicted molar refractivity (Wildman–Crippen MR) is 79.5 cm³/mol. The number of carbonyl (C=O) groups excluding carboxylic acids is 1. The van der Waals surface area contributed by atoms with Crippen molar-refractivity contribution in [1.29, 1.82) is 0 Å². The highest BCUT2D eigenvalue weighted by atomic mass is 16.3. The number of carbonyl (C=O) groups is 1. The molecule has 4 aliphatic rings. The van der Waals surface area contributed by atoms with Crippen LogP contribution in [0.2, 0.25) is 0 Å². The van der Waals surface area contributed by atoms with Crippen molar-refractivity contribution in [3.63, 3.8) is 0 Å². The predicted octanol–water partition coefficient (Wildman–Crippen LogP) is 2.46. The van der Waals surface area contributed by atoms with E-state index < -0.39 is 6.10 Å². The summed E-state index contributed by atoms with van der Waals surface area (Å²) in [6, 6.07) is 0. The van der Waals surface area contributed by atoms with Crippen molar-refractivity contribution in [2.24, 2.45) is 29.1 Å². The highest BCUT2D eigenvalue weighted by Gasteiger charge is 2.57. The summed E-state index contributed by atoms with van der Waals surface area (Å²) in [7, 11) is 0. The molecule has 4 aliphatic carbocycles. The number of ketones is 1. The lowest BCUT2D eigenvalue weighted by molar-refractivity contribution is -0.117. The largest absolute Gasteiger partial charge is 0.393 e. The Bertz CT molecular complexity index is 497. The molecule has 0 aromatic rings. The van der Waals surface area contributed by atoms with Crippen molar-refractivity contribution in [1.82, 2.24) is 0 Å². The van der Waals surface area contributed by atoms with Crippen LogP contribution >= 0.6 is 0 Å². The molecule has 3 heteroatoms. The standard InChI is InChI=1S/C18H26O3/c1-18-7-6-12-11-3-2-10(19)8-14(11)16(20)9-13(12)15(18)4-5-17(18)21/h8,11-13,15-17,20-21H,2-7,9H2,1H3. The van der Waals surface area contributed by atoms with E-state index in [2.05, 4.69) is 6.92 Å². The molecule has 0 bridgehead atoms. The first-order valence-electron chi connectivity index (χ1n) is 8.61. The molecule has 0 spiro atoms. The zero-order chi connectivity index (χ0) is 14.8. The lowest BCUT2D eigenvalue weighted by atomic mass is 9.51. The van der Waals surface area contributed by atoms with Gasteiger partial charge in [-0.25, -0.2) is 0 Å². The fourth-order valence-corrected chi connectivity index (χ4v) is 6.16. The van der Waals surface area contributed by atoms with Gasteiger partial charge in [-0.3, -0.25) is 4.79 Å². The molecule has 0 amide bonds. The van der Waals surface area contributed by atoms with Crippen LogP contribution in [0.5, 0.6) is 0 Å². The third-order valence-corrected chi connectivity index (χ3v) is 7.30. The molecule has 0 saturated heterocycles. The minimum Gasteiger partial charge on any atom is -0.393 e. The lowest BCUT2D eigenvalue weighted by Gasteiger charge is -2.54. The molecular formula is C18H26O3. The molecule has 116 valence electrons. The van der Waals surface area contributed by atoms with Crippen LogP contribution in [0.4, 0.5) is 0 Å². The summed E-state index contributed by atoms with van der Waals surface area (Å²) in [4.78, 5) is 11.7. The minimum absolute atomic E-state index is 0.0621. The van der Waals surface area contributed by atoms with E-state index in [0.29, 0.717) is 30.1 Å². The average Bonchev–Trinajstić information content (AvgIpc) is 2.76. The molecule has 21 heavy (non-hydrogen) atoms. The number of hydrogen-bond donors (Lipinski definition) is 2. The van der Waals surface area contributed by atoms with Crippen LogP contribution in [-0.4, -0.2) is 28.2 Å². The van der Waals surface area contributed by atoms with Gasteiger partial charge >= 0.3 is 0 Å². The maximum atomic E-state index is 11.7. The normalized spacial score (nSPS) is 52.7. The molecule has 0 heterocycles. The van der Waals surface area contributed by atoms with Gasteiger partial charge in [0.05, 0.1) is 12.2 Å². The van der Waals surface area contributed by atoms with Gasteiger partial charge in [-0.05, 0) is 79.3 Å². The van der Waals surface area contributed by atoms with Gasteiger partial charge in [-0.2, -0.15) is 0 Å². The number of aliphatic hydroxyl groups is 2. The Kier molecular flexibility index (Phi) is 3.10. The summed E-state index contributed by atoms with van der Waals surface area (Å²) in [5.74, 6) is 2.32. The first-order chi connectivity index (χ1) is 10.0. The Morgan fingerprint density at radius 2 is 1.95 bits per heavy atom.